The van der Waals surface area contributed by atoms with E-state index in [1.807, 2.05) is 29.5 Å². The summed E-state index contributed by atoms with van der Waals surface area (Å²) in [7, 11) is 0. The molecule has 0 aliphatic rings. The number of imidazole rings is 1. The molecule has 0 unspecified atom stereocenters. The molecular formula is C13H9ClN2O2S. The van der Waals surface area contributed by atoms with Gasteiger partial charge in [0.05, 0.1) is 14.7 Å². The molecule has 0 radical (unpaired) electrons. The maximum atomic E-state index is 11.3. The first kappa shape index (κ1) is 12.2. The summed E-state index contributed by atoms with van der Waals surface area (Å²) in [6.45, 7) is 1.92. The van der Waals surface area contributed by atoms with Crippen LogP contribution in [0.3, 0.4) is 0 Å². The van der Waals surface area contributed by atoms with Crippen molar-refractivity contribution in [2.45, 2.75) is 6.92 Å². The molecule has 0 bridgehead atoms. The lowest BCUT2D eigenvalue weighted by Crippen LogP contribution is -1.97. The van der Waals surface area contributed by atoms with Crippen LogP contribution in [0.2, 0.25) is 4.34 Å². The standard InChI is InChI=1S/C13H9ClN2O2S/c1-7-3-2-4-8-11(13(17)18)15-12(16(7)8)9-5-6-10(14)19-9/h2-6H,1H3,(H,17,18). The van der Waals surface area contributed by atoms with Crippen molar-refractivity contribution in [2.24, 2.45) is 0 Å². The number of rotatable bonds is 2. The number of hydrogen-bond donors (Lipinski definition) is 1. The average molecular weight is 293 g/mol. The Kier molecular flexibility index (Phi) is 2.80. The zero-order valence-corrected chi connectivity index (χ0v) is 11.5. The second-order valence-corrected chi connectivity index (χ2v) is 5.80. The van der Waals surface area contributed by atoms with Crippen molar-refractivity contribution in [1.82, 2.24) is 9.38 Å². The van der Waals surface area contributed by atoms with Gasteiger partial charge in [-0.2, -0.15) is 0 Å². The van der Waals surface area contributed by atoms with E-state index in [4.69, 9.17) is 11.6 Å². The second kappa shape index (κ2) is 4.36. The Bertz CT molecular complexity index is 791. The van der Waals surface area contributed by atoms with Crippen molar-refractivity contribution in [1.29, 1.82) is 0 Å². The molecular weight excluding hydrogens is 284 g/mol. The van der Waals surface area contributed by atoms with Gasteiger partial charge in [0.2, 0.25) is 0 Å². The van der Waals surface area contributed by atoms with Gasteiger partial charge in [-0.15, -0.1) is 11.3 Å². The minimum Gasteiger partial charge on any atom is -0.476 e. The number of nitrogens with zero attached hydrogens (tertiary/aromatic N) is 2. The first-order chi connectivity index (χ1) is 9.08. The molecule has 0 atom stereocenters. The average Bonchev–Trinajstić information content (AvgIpc) is 2.93. The molecule has 96 valence electrons. The Morgan fingerprint density at radius 1 is 1.37 bits per heavy atom. The third kappa shape index (κ3) is 1.91. The minimum atomic E-state index is -1.03. The topological polar surface area (TPSA) is 54.6 Å². The molecule has 1 N–H and O–H groups in total. The van der Waals surface area contributed by atoms with E-state index in [1.54, 1.807) is 12.1 Å². The van der Waals surface area contributed by atoms with E-state index in [2.05, 4.69) is 4.98 Å². The van der Waals surface area contributed by atoms with E-state index in [0.29, 0.717) is 15.7 Å². The van der Waals surface area contributed by atoms with Crippen LogP contribution in [0.25, 0.3) is 16.2 Å². The molecule has 4 nitrogen and oxygen atoms in total. The molecule has 0 aliphatic heterocycles. The highest BCUT2D eigenvalue weighted by Gasteiger charge is 2.19. The van der Waals surface area contributed by atoms with Crippen LogP contribution >= 0.6 is 22.9 Å². The van der Waals surface area contributed by atoms with Crippen molar-refractivity contribution in [3.8, 4) is 10.7 Å². The molecule has 19 heavy (non-hydrogen) atoms. The van der Waals surface area contributed by atoms with Gasteiger partial charge in [0.1, 0.15) is 0 Å². The quantitative estimate of drug-likeness (QED) is 0.783. The van der Waals surface area contributed by atoms with Crippen LogP contribution in [0, 0.1) is 6.92 Å². The van der Waals surface area contributed by atoms with Crippen LogP contribution < -0.4 is 0 Å². The molecule has 3 heterocycles. The predicted octanol–water partition coefficient (Wildman–Crippen LogP) is 3.72. The zero-order valence-electron chi connectivity index (χ0n) is 9.92. The molecule has 0 spiro atoms. The summed E-state index contributed by atoms with van der Waals surface area (Å²) in [4.78, 5) is 16.4. The monoisotopic (exact) mass is 292 g/mol. The Hall–Kier alpha value is -1.85. The lowest BCUT2D eigenvalue weighted by Gasteiger charge is -2.02. The van der Waals surface area contributed by atoms with Crippen molar-refractivity contribution < 1.29 is 9.90 Å². The van der Waals surface area contributed by atoms with Crippen LogP contribution in [-0.2, 0) is 0 Å². The van der Waals surface area contributed by atoms with Crippen molar-refractivity contribution in [3.63, 3.8) is 0 Å². The molecule has 0 aromatic carbocycles. The summed E-state index contributed by atoms with van der Waals surface area (Å²) in [6.07, 6.45) is 0. The number of aromatic carboxylic acids is 1. The van der Waals surface area contributed by atoms with Gasteiger partial charge in [-0.05, 0) is 31.2 Å². The largest absolute Gasteiger partial charge is 0.476 e. The number of carbonyl (C=O) groups is 1. The van der Waals surface area contributed by atoms with Crippen LogP contribution in [0.1, 0.15) is 16.2 Å². The Labute approximate surface area is 117 Å². The summed E-state index contributed by atoms with van der Waals surface area (Å²) >= 11 is 7.31. The van der Waals surface area contributed by atoms with Crippen LogP contribution in [0.5, 0.6) is 0 Å². The van der Waals surface area contributed by atoms with Crippen LogP contribution in [-0.4, -0.2) is 20.5 Å². The molecule has 0 amide bonds. The number of aryl methyl sites for hydroxylation is 1. The highest BCUT2D eigenvalue weighted by molar-refractivity contribution is 7.19. The van der Waals surface area contributed by atoms with Crippen molar-refractivity contribution >= 4 is 34.4 Å². The van der Waals surface area contributed by atoms with Gasteiger partial charge in [-0.3, -0.25) is 4.40 Å². The highest BCUT2D eigenvalue weighted by Crippen LogP contribution is 2.32. The van der Waals surface area contributed by atoms with E-state index < -0.39 is 5.97 Å². The van der Waals surface area contributed by atoms with Crippen LogP contribution in [0.4, 0.5) is 0 Å². The fourth-order valence-electron chi connectivity index (χ4n) is 2.05. The van der Waals surface area contributed by atoms with Gasteiger partial charge in [-0.25, -0.2) is 9.78 Å². The van der Waals surface area contributed by atoms with Gasteiger partial charge in [0.15, 0.2) is 11.5 Å². The summed E-state index contributed by atoms with van der Waals surface area (Å²) in [6, 6.07) is 9.12. The number of carboxylic acid groups (broad SMARTS) is 1. The molecule has 3 aromatic rings. The van der Waals surface area contributed by atoms with E-state index in [0.717, 1.165) is 10.6 Å². The maximum absolute atomic E-state index is 11.3. The number of carboxylic acids is 1. The normalized spacial score (nSPS) is 11.1. The molecule has 3 aromatic heterocycles. The fourth-order valence-corrected chi connectivity index (χ4v) is 3.08. The molecule has 0 saturated heterocycles. The zero-order chi connectivity index (χ0) is 13.6. The summed E-state index contributed by atoms with van der Waals surface area (Å²) in [5, 5.41) is 9.24. The van der Waals surface area contributed by atoms with Crippen LogP contribution in [0.15, 0.2) is 30.3 Å². The smallest absolute Gasteiger partial charge is 0.356 e. The number of pyridine rings is 1. The number of hydrogen-bond acceptors (Lipinski definition) is 3. The van der Waals surface area contributed by atoms with Crippen molar-refractivity contribution in [2.75, 3.05) is 0 Å². The lowest BCUT2D eigenvalue weighted by atomic mass is 10.3. The number of aromatic nitrogens is 2. The summed E-state index contributed by atoms with van der Waals surface area (Å²) in [5.41, 5.74) is 1.58. The Balaban J connectivity index is 2.39. The van der Waals surface area contributed by atoms with E-state index >= 15 is 0 Å². The maximum Gasteiger partial charge on any atom is 0.356 e. The summed E-state index contributed by atoms with van der Waals surface area (Å²) in [5.74, 6) is -0.417. The molecule has 0 aliphatic carbocycles. The van der Waals surface area contributed by atoms with Gasteiger partial charge in [0.25, 0.3) is 0 Å². The first-order valence-corrected chi connectivity index (χ1v) is 6.74. The van der Waals surface area contributed by atoms with Gasteiger partial charge in [0, 0.05) is 5.69 Å². The number of fused-ring (bicyclic) bond motifs is 1. The Morgan fingerprint density at radius 3 is 2.79 bits per heavy atom. The van der Waals surface area contributed by atoms with Gasteiger partial charge >= 0.3 is 5.97 Å². The minimum absolute atomic E-state index is 0.0585. The third-order valence-electron chi connectivity index (χ3n) is 2.85. The van der Waals surface area contributed by atoms with E-state index in [-0.39, 0.29) is 5.69 Å². The predicted molar refractivity (Wildman–Crippen MR) is 75.2 cm³/mol. The molecule has 0 saturated carbocycles. The first-order valence-electron chi connectivity index (χ1n) is 5.55. The Morgan fingerprint density at radius 2 is 2.16 bits per heavy atom. The summed E-state index contributed by atoms with van der Waals surface area (Å²) < 4.78 is 2.49. The highest BCUT2D eigenvalue weighted by atomic mass is 35.5. The fraction of sp³-hybridized carbons (Fsp3) is 0.0769. The van der Waals surface area contributed by atoms with Gasteiger partial charge in [-0.1, -0.05) is 17.7 Å². The molecule has 6 heteroatoms. The SMILES string of the molecule is Cc1cccc2c(C(=O)O)nc(-c3ccc(Cl)s3)n12. The number of thiophene rings is 1. The third-order valence-corrected chi connectivity index (χ3v) is 4.08. The number of halogens is 1. The van der Waals surface area contributed by atoms with E-state index in [1.165, 1.54) is 11.3 Å². The lowest BCUT2D eigenvalue weighted by molar-refractivity contribution is 0.0693. The second-order valence-electron chi connectivity index (χ2n) is 4.08. The van der Waals surface area contributed by atoms with Gasteiger partial charge < -0.3 is 5.11 Å². The van der Waals surface area contributed by atoms with E-state index in [9.17, 15) is 9.90 Å². The molecule has 3 rings (SSSR count). The molecule has 0 fully saturated rings. The van der Waals surface area contributed by atoms with Crippen molar-refractivity contribution in [3.05, 3.63) is 46.1 Å².